The van der Waals surface area contributed by atoms with E-state index < -0.39 is 10.0 Å². The van der Waals surface area contributed by atoms with Gasteiger partial charge in [0.25, 0.3) is 0 Å². The Balaban J connectivity index is 3.07. The van der Waals surface area contributed by atoms with Crippen molar-refractivity contribution < 1.29 is 17.9 Å². The normalized spacial score (nSPS) is 13.3. The third kappa shape index (κ3) is 3.69. The first-order valence-corrected chi connectivity index (χ1v) is 7.05. The molecule has 1 rings (SSSR count). The molecule has 0 bridgehead atoms. The Bertz CT molecular complexity index is 499. The highest BCUT2D eigenvalue weighted by molar-refractivity contribution is 7.89. The zero-order valence-electron chi connectivity index (χ0n) is 11.1. The quantitative estimate of drug-likeness (QED) is 0.849. The van der Waals surface area contributed by atoms with E-state index in [1.165, 1.54) is 14.2 Å². The molecule has 5 nitrogen and oxygen atoms in total. The summed E-state index contributed by atoms with van der Waals surface area (Å²) in [5.74, 6) is 0.331. The maximum atomic E-state index is 12.2. The summed E-state index contributed by atoms with van der Waals surface area (Å²) in [6.45, 7) is 3.88. The van der Waals surface area contributed by atoms with Crippen molar-refractivity contribution in [3.63, 3.8) is 0 Å². The molecule has 0 unspecified atom stereocenters. The monoisotopic (exact) mass is 273 g/mol. The van der Waals surface area contributed by atoms with Gasteiger partial charge in [0.1, 0.15) is 10.6 Å². The minimum absolute atomic E-state index is 0.146. The fourth-order valence-electron chi connectivity index (χ4n) is 1.61. The van der Waals surface area contributed by atoms with E-state index in [2.05, 4.69) is 4.72 Å². The minimum Gasteiger partial charge on any atom is -0.495 e. The summed E-state index contributed by atoms with van der Waals surface area (Å²) in [7, 11) is -0.629. The van der Waals surface area contributed by atoms with Crippen LogP contribution in [0.4, 0.5) is 0 Å². The van der Waals surface area contributed by atoms with E-state index >= 15 is 0 Å². The topological polar surface area (TPSA) is 64.6 Å². The molecular weight excluding hydrogens is 254 g/mol. The summed E-state index contributed by atoms with van der Waals surface area (Å²) in [4.78, 5) is 0.146. The van der Waals surface area contributed by atoms with Gasteiger partial charge in [0.15, 0.2) is 0 Å². The van der Waals surface area contributed by atoms with E-state index in [9.17, 15) is 8.42 Å². The number of benzene rings is 1. The molecule has 0 saturated heterocycles. The van der Waals surface area contributed by atoms with Gasteiger partial charge in [-0.3, -0.25) is 0 Å². The average molecular weight is 273 g/mol. The highest BCUT2D eigenvalue weighted by atomic mass is 32.2. The molecule has 1 N–H and O–H groups in total. The lowest BCUT2D eigenvalue weighted by atomic mass is 10.2. The Morgan fingerprint density at radius 3 is 2.56 bits per heavy atom. The fraction of sp³-hybridized carbons (Fsp3) is 0.500. The molecule has 102 valence electrons. The van der Waals surface area contributed by atoms with Crippen LogP contribution in [-0.4, -0.2) is 35.3 Å². The van der Waals surface area contributed by atoms with Gasteiger partial charge in [-0.1, -0.05) is 6.07 Å². The van der Waals surface area contributed by atoms with E-state index in [1.54, 1.807) is 25.1 Å². The molecule has 0 amide bonds. The van der Waals surface area contributed by atoms with Crippen LogP contribution in [0.5, 0.6) is 5.75 Å². The highest BCUT2D eigenvalue weighted by Crippen LogP contribution is 2.24. The Morgan fingerprint density at radius 2 is 2.00 bits per heavy atom. The van der Waals surface area contributed by atoms with Gasteiger partial charge in [-0.05, 0) is 31.5 Å². The van der Waals surface area contributed by atoms with Crippen molar-refractivity contribution in [2.45, 2.75) is 24.8 Å². The summed E-state index contributed by atoms with van der Waals surface area (Å²) in [6.07, 6.45) is 0. The van der Waals surface area contributed by atoms with Crippen molar-refractivity contribution >= 4 is 10.0 Å². The predicted octanol–water partition coefficient (Wildman–Crippen LogP) is 1.32. The molecular formula is C12H19NO4S. The standard InChI is InChI=1S/C12H19NO4S/c1-9-5-6-11(17-4)12(7-9)18(14,15)13-10(2)8-16-3/h5-7,10,13H,8H2,1-4H3/t10-/m0/s1. The van der Waals surface area contributed by atoms with Crippen molar-refractivity contribution in [1.82, 2.24) is 4.72 Å². The molecule has 0 aromatic heterocycles. The molecule has 1 atom stereocenters. The number of hydrogen-bond acceptors (Lipinski definition) is 4. The number of sulfonamides is 1. The molecule has 0 spiro atoms. The van der Waals surface area contributed by atoms with Gasteiger partial charge in [-0.25, -0.2) is 13.1 Å². The van der Waals surface area contributed by atoms with E-state index in [4.69, 9.17) is 9.47 Å². The third-order valence-electron chi connectivity index (χ3n) is 2.38. The van der Waals surface area contributed by atoms with E-state index in [0.29, 0.717) is 12.4 Å². The largest absolute Gasteiger partial charge is 0.495 e. The number of hydrogen-bond donors (Lipinski definition) is 1. The van der Waals surface area contributed by atoms with E-state index in [-0.39, 0.29) is 10.9 Å². The van der Waals surface area contributed by atoms with E-state index in [0.717, 1.165) is 5.56 Å². The minimum atomic E-state index is -3.60. The molecule has 0 aliphatic carbocycles. The SMILES string of the molecule is COC[C@H](C)NS(=O)(=O)c1cc(C)ccc1OC. The lowest BCUT2D eigenvalue weighted by Crippen LogP contribution is -2.35. The average Bonchev–Trinajstić information content (AvgIpc) is 2.28. The Hall–Kier alpha value is -1.11. The van der Waals surface area contributed by atoms with Crippen LogP contribution in [0.25, 0.3) is 0 Å². The number of nitrogens with one attached hydrogen (secondary N) is 1. The Kier molecular flexibility index (Phi) is 5.13. The summed E-state index contributed by atoms with van der Waals surface area (Å²) in [5, 5.41) is 0. The van der Waals surface area contributed by atoms with Crippen LogP contribution in [0.2, 0.25) is 0 Å². The molecule has 0 aliphatic heterocycles. The van der Waals surface area contributed by atoms with Crippen molar-refractivity contribution in [3.8, 4) is 5.75 Å². The van der Waals surface area contributed by atoms with E-state index in [1.807, 2.05) is 6.92 Å². The van der Waals surface area contributed by atoms with Gasteiger partial charge in [0.2, 0.25) is 10.0 Å². The lowest BCUT2D eigenvalue weighted by molar-refractivity contribution is 0.180. The number of ether oxygens (including phenoxy) is 2. The molecule has 0 saturated carbocycles. The van der Waals surface area contributed by atoms with Gasteiger partial charge in [0, 0.05) is 13.2 Å². The first-order chi connectivity index (χ1) is 8.40. The highest BCUT2D eigenvalue weighted by Gasteiger charge is 2.21. The van der Waals surface area contributed by atoms with Gasteiger partial charge < -0.3 is 9.47 Å². The third-order valence-corrected chi connectivity index (χ3v) is 3.99. The molecule has 0 aliphatic rings. The second kappa shape index (κ2) is 6.17. The molecule has 1 aromatic carbocycles. The van der Waals surface area contributed by atoms with Crippen LogP contribution in [0.1, 0.15) is 12.5 Å². The van der Waals surface area contributed by atoms with Crippen LogP contribution < -0.4 is 9.46 Å². The summed E-state index contributed by atoms with van der Waals surface area (Å²) in [6, 6.07) is 4.73. The fourth-order valence-corrected chi connectivity index (χ4v) is 3.09. The van der Waals surface area contributed by atoms with Crippen LogP contribution in [0.15, 0.2) is 23.1 Å². The summed E-state index contributed by atoms with van der Waals surface area (Å²) >= 11 is 0. The molecule has 0 heterocycles. The molecule has 6 heteroatoms. The summed E-state index contributed by atoms with van der Waals surface area (Å²) in [5.41, 5.74) is 0.857. The van der Waals surface area contributed by atoms with Gasteiger partial charge in [-0.2, -0.15) is 0 Å². The predicted molar refractivity (Wildman–Crippen MR) is 69.4 cm³/mol. The number of methoxy groups -OCH3 is 2. The van der Waals surface area contributed by atoms with Crippen LogP contribution >= 0.6 is 0 Å². The molecule has 0 fully saturated rings. The summed E-state index contributed by atoms with van der Waals surface area (Å²) < 4.78 is 36.9. The van der Waals surface area contributed by atoms with Crippen molar-refractivity contribution in [3.05, 3.63) is 23.8 Å². The molecule has 0 radical (unpaired) electrons. The number of aryl methyl sites for hydroxylation is 1. The second-order valence-electron chi connectivity index (χ2n) is 4.13. The lowest BCUT2D eigenvalue weighted by Gasteiger charge is -2.15. The van der Waals surface area contributed by atoms with Gasteiger partial charge >= 0.3 is 0 Å². The first kappa shape index (κ1) is 14.9. The zero-order valence-corrected chi connectivity index (χ0v) is 11.9. The second-order valence-corrected chi connectivity index (χ2v) is 5.81. The van der Waals surface area contributed by atoms with Crippen molar-refractivity contribution in [2.75, 3.05) is 20.8 Å². The van der Waals surface area contributed by atoms with Gasteiger partial charge in [-0.15, -0.1) is 0 Å². The molecule has 1 aromatic rings. The van der Waals surface area contributed by atoms with Crippen LogP contribution in [0, 0.1) is 6.92 Å². The van der Waals surface area contributed by atoms with Crippen LogP contribution in [-0.2, 0) is 14.8 Å². The van der Waals surface area contributed by atoms with Crippen molar-refractivity contribution in [2.24, 2.45) is 0 Å². The van der Waals surface area contributed by atoms with Crippen molar-refractivity contribution in [1.29, 1.82) is 0 Å². The van der Waals surface area contributed by atoms with Gasteiger partial charge in [0.05, 0.1) is 13.7 Å². The maximum Gasteiger partial charge on any atom is 0.244 e. The zero-order chi connectivity index (χ0) is 13.8. The Labute approximate surface area is 108 Å². The maximum absolute atomic E-state index is 12.2. The smallest absolute Gasteiger partial charge is 0.244 e. The number of rotatable bonds is 6. The van der Waals surface area contributed by atoms with Crippen LogP contribution in [0.3, 0.4) is 0 Å². The first-order valence-electron chi connectivity index (χ1n) is 5.56. The molecule has 18 heavy (non-hydrogen) atoms. The Morgan fingerprint density at radius 1 is 1.33 bits per heavy atom.